The highest BCUT2D eigenvalue weighted by Gasteiger charge is 2.57. The number of carbonyl (C=O) groups excluding carboxylic acids is 5. The third kappa shape index (κ3) is 4.07. The summed E-state index contributed by atoms with van der Waals surface area (Å²) in [5.41, 5.74) is 2.53. The van der Waals surface area contributed by atoms with Crippen LogP contribution >= 0.6 is 15.9 Å². The first-order valence-electron chi connectivity index (χ1n) is 13.4. The van der Waals surface area contributed by atoms with Gasteiger partial charge in [0, 0.05) is 46.4 Å². The van der Waals surface area contributed by atoms with Crippen molar-refractivity contribution in [3.8, 4) is 17.2 Å². The standard InChI is InChI=1S/C32H26BrNO8/c1-14(35)15-4-6-16(7-5-15)34-31(39)19-9-8-18-20(26(19)32(34)40)12-21-27(23(37)13-22(33)30(21)38)28(18)29-24(41-2)10-17(36)11-25(29)42-3/h4-8,10-11,13,19-20,26,28,36H,9,12H2,1-3H3. The summed E-state index contributed by atoms with van der Waals surface area (Å²) in [5.74, 6) is -4.01. The van der Waals surface area contributed by atoms with Crippen molar-refractivity contribution in [3.63, 3.8) is 0 Å². The lowest BCUT2D eigenvalue weighted by atomic mass is 9.59. The first kappa shape index (κ1) is 27.8. The summed E-state index contributed by atoms with van der Waals surface area (Å²) in [6.07, 6.45) is 3.50. The summed E-state index contributed by atoms with van der Waals surface area (Å²) in [6.45, 7) is 1.44. The average Bonchev–Trinajstić information content (AvgIpc) is 3.23. The summed E-state index contributed by atoms with van der Waals surface area (Å²) in [5, 5.41) is 10.3. The van der Waals surface area contributed by atoms with Gasteiger partial charge in [0.25, 0.3) is 0 Å². The number of fused-ring (bicyclic) bond motifs is 3. The zero-order valence-corrected chi connectivity index (χ0v) is 24.6. The first-order valence-corrected chi connectivity index (χ1v) is 14.2. The Morgan fingerprint density at radius 2 is 1.62 bits per heavy atom. The van der Waals surface area contributed by atoms with Crippen LogP contribution in [0.2, 0.25) is 0 Å². The van der Waals surface area contributed by atoms with E-state index in [1.54, 1.807) is 24.3 Å². The Balaban J connectivity index is 1.51. The summed E-state index contributed by atoms with van der Waals surface area (Å²) in [7, 11) is 2.86. The summed E-state index contributed by atoms with van der Waals surface area (Å²) < 4.78 is 11.4. The quantitative estimate of drug-likeness (QED) is 0.220. The van der Waals surface area contributed by atoms with Gasteiger partial charge in [-0.1, -0.05) is 11.6 Å². The molecule has 2 amide bonds. The van der Waals surface area contributed by atoms with E-state index < -0.39 is 29.6 Å². The second-order valence-corrected chi connectivity index (χ2v) is 11.6. The van der Waals surface area contributed by atoms with E-state index >= 15 is 0 Å². The average molecular weight is 632 g/mol. The fourth-order valence-corrected chi connectivity index (χ4v) is 7.29. The number of halogens is 1. The number of carbonyl (C=O) groups is 5. The minimum absolute atomic E-state index is 0.102. The van der Waals surface area contributed by atoms with Crippen LogP contribution in [0.3, 0.4) is 0 Å². The lowest BCUT2D eigenvalue weighted by Gasteiger charge is -2.42. The molecule has 1 heterocycles. The molecule has 9 nitrogen and oxygen atoms in total. The van der Waals surface area contributed by atoms with Gasteiger partial charge in [-0.15, -0.1) is 0 Å². The van der Waals surface area contributed by atoms with Gasteiger partial charge in [-0.2, -0.15) is 0 Å². The molecule has 0 aromatic heterocycles. The predicted octanol–water partition coefficient (Wildman–Crippen LogP) is 4.58. The van der Waals surface area contributed by atoms with Crippen LogP contribution in [0.4, 0.5) is 5.69 Å². The highest BCUT2D eigenvalue weighted by atomic mass is 79.9. The number of nitrogens with zero attached hydrogens (tertiary/aromatic N) is 1. The number of hydrogen-bond acceptors (Lipinski definition) is 8. The number of allylic oxidation sites excluding steroid dienone is 6. The fraction of sp³-hybridized carbons (Fsp3) is 0.281. The normalized spacial score (nSPS) is 25.0. The number of imide groups is 1. The zero-order chi connectivity index (χ0) is 30.0. The number of Topliss-reactive ketones (excluding diaryl/α,β-unsaturated/α-hetero) is 2. The Bertz CT molecular complexity index is 1670. The maximum Gasteiger partial charge on any atom is 0.238 e. The highest BCUT2D eigenvalue weighted by Crippen LogP contribution is 2.58. The van der Waals surface area contributed by atoms with Crippen molar-refractivity contribution in [2.24, 2.45) is 17.8 Å². The van der Waals surface area contributed by atoms with Gasteiger partial charge in [0.05, 0.1) is 36.2 Å². The van der Waals surface area contributed by atoms with Crippen molar-refractivity contribution in [1.29, 1.82) is 0 Å². The van der Waals surface area contributed by atoms with Crippen molar-refractivity contribution < 1.29 is 38.6 Å². The van der Waals surface area contributed by atoms with E-state index in [9.17, 15) is 29.1 Å². The van der Waals surface area contributed by atoms with E-state index in [1.807, 2.05) is 6.08 Å². The molecule has 1 fully saturated rings. The van der Waals surface area contributed by atoms with E-state index in [-0.39, 0.29) is 69.0 Å². The molecule has 214 valence electrons. The molecular formula is C32H26BrNO8. The number of ether oxygens (including phenoxy) is 2. The molecule has 42 heavy (non-hydrogen) atoms. The molecule has 3 aliphatic carbocycles. The van der Waals surface area contributed by atoms with Gasteiger partial charge in [-0.25, -0.2) is 0 Å². The van der Waals surface area contributed by atoms with Crippen LogP contribution in [0.1, 0.15) is 41.6 Å². The summed E-state index contributed by atoms with van der Waals surface area (Å²) >= 11 is 3.23. The number of ketones is 3. The van der Waals surface area contributed by atoms with Gasteiger partial charge < -0.3 is 14.6 Å². The minimum Gasteiger partial charge on any atom is -0.508 e. The van der Waals surface area contributed by atoms with Gasteiger partial charge >= 0.3 is 0 Å². The fourth-order valence-electron chi connectivity index (χ4n) is 6.85. The Morgan fingerprint density at radius 1 is 0.976 bits per heavy atom. The zero-order valence-electron chi connectivity index (χ0n) is 23.0. The predicted molar refractivity (Wildman–Crippen MR) is 155 cm³/mol. The second-order valence-electron chi connectivity index (χ2n) is 10.8. The van der Waals surface area contributed by atoms with E-state index in [1.165, 1.54) is 44.3 Å². The topological polar surface area (TPSA) is 127 Å². The Labute approximate surface area is 249 Å². The minimum atomic E-state index is -0.815. The van der Waals surface area contributed by atoms with Crippen molar-refractivity contribution >= 4 is 50.8 Å². The van der Waals surface area contributed by atoms with Crippen LogP contribution in [-0.2, 0) is 19.2 Å². The lowest BCUT2D eigenvalue weighted by molar-refractivity contribution is -0.123. The molecule has 2 aromatic rings. The van der Waals surface area contributed by atoms with Crippen molar-refractivity contribution in [3.05, 3.63) is 80.9 Å². The molecular weight excluding hydrogens is 606 g/mol. The van der Waals surface area contributed by atoms with Gasteiger partial charge in [0.15, 0.2) is 17.3 Å². The summed E-state index contributed by atoms with van der Waals surface area (Å²) in [6, 6.07) is 9.14. The van der Waals surface area contributed by atoms with Gasteiger partial charge in [0.2, 0.25) is 11.8 Å². The maximum atomic E-state index is 14.1. The van der Waals surface area contributed by atoms with E-state index in [2.05, 4.69) is 15.9 Å². The Kier molecular flexibility index (Phi) is 6.76. The van der Waals surface area contributed by atoms with Crippen molar-refractivity contribution in [1.82, 2.24) is 0 Å². The molecule has 0 spiro atoms. The number of methoxy groups -OCH3 is 2. The number of rotatable bonds is 5. The molecule has 2 aromatic carbocycles. The van der Waals surface area contributed by atoms with Crippen LogP contribution in [0.5, 0.6) is 17.2 Å². The summed E-state index contributed by atoms with van der Waals surface area (Å²) in [4.78, 5) is 67.7. The SMILES string of the molecule is COc1cc(O)cc(OC)c1C1C2=CCC3C(=O)N(c4ccc(C(C)=O)cc4)C(=O)C3C2CC2=C1C(=O)C=C(Br)C2=O. The lowest BCUT2D eigenvalue weighted by Crippen LogP contribution is -2.39. The molecule has 4 unspecified atom stereocenters. The molecule has 0 radical (unpaired) electrons. The van der Waals surface area contributed by atoms with Gasteiger partial charge in [-0.3, -0.25) is 28.9 Å². The number of phenols is 1. The monoisotopic (exact) mass is 631 g/mol. The van der Waals surface area contributed by atoms with Crippen molar-refractivity contribution in [2.45, 2.75) is 25.7 Å². The van der Waals surface area contributed by atoms with Crippen molar-refractivity contribution in [2.75, 3.05) is 19.1 Å². The smallest absolute Gasteiger partial charge is 0.238 e. The Morgan fingerprint density at radius 3 is 2.21 bits per heavy atom. The van der Waals surface area contributed by atoms with Crippen LogP contribution in [-0.4, -0.2) is 48.5 Å². The first-order chi connectivity index (χ1) is 20.1. The molecule has 6 rings (SSSR count). The largest absolute Gasteiger partial charge is 0.508 e. The van der Waals surface area contributed by atoms with E-state index in [0.717, 1.165) is 5.57 Å². The number of anilines is 1. The number of phenolic OH excluding ortho intramolecular Hbond substituents is 1. The van der Waals surface area contributed by atoms with E-state index in [4.69, 9.17) is 9.47 Å². The number of aromatic hydroxyl groups is 1. The number of benzene rings is 2. The number of amides is 2. The second kappa shape index (κ2) is 10.2. The highest BCUT2D eigenvalue weighted by molar-refractivity contribution is 9.12. The molecule has 0 bridgehead atoms. The maximum absolute atomic E-state index is 14.1. The van der Waals surface area contributed by atoms with Crippen LogP contribution in [0.25, 0.3) is 0 Å². The van der Waals surface area contributed by atoms with Gasteiger partial charge in [-0.05, 0) is 65.9 Å². The molecule has 1 aliphatic heterocycles. The van der Waals surface area contributed by atoms with Gasteiger partial charge in [0.1, 0.15) is 17.2 Å². The molecule has 0 saturated carbocycles. The van der Waals surface area contributed by atoms with Crippen LogP contribution in [0, 0.1) is 17.8 Å². The molecule has 4 aliphatic rings. The number of hydrogen-bond donors (Lipinski definition) is 1. The van der Waals surface area contributed by atoms with Crippen LogP contribution < -0.4 is 14.4 Å². The molecule has 4 atom stereocenters. The Hall–Kier alpha value is -4.31. The van der Waals surface area contributed by atoms with Crippen LogP contribution in [0.15, 0.2) is 69.8 Å². The third-order valence-corrected chi connectivity index (χ3v) is 9.27. The van der Waals surface area contributed by atoms with E-state index in [0.29, 0.717) is 16.8 Å². The molecule has 10 heteroatoms. The molecule has 1 N–H and O–H groups in total. The third-order valence-electron chi connectivity index (χ3n) is 8.68. The molecule has 1 saturated heterocycles.